The van der Waals surface area contributed by atoms with Gasteiger partial charge >= 0.3 is 0 Å². The van der Waals surface area contributed by atoms with Gasteiger partial charge in [-0.15, -0.1) is 5.11 Å². The predicted octanol–water partition coefficient (Wildman–Crippen LogP) is 4.33. The highest BCUT2D eigenvalue weighted by atomic mass is 16.5. The monoisotopic (exact) mass is 286 g/mol. The van der Waals surface area contributed by atoms with Gasteiger partial charge in [0.25, 0.3) is 0 Å². The van der Waals surface area contributed by atoms with Crippen LogP contribution in [0.3, 0.4) is 0 Å². The number of benzene rings is 2. The Morgan fingerprint density at radius 1 is 1.10 bits per heavy atom. The third-order valence-corrected chi connectivity index (χ3v) is 2.49. The molecule has 2 rings (SSSR count). The molecule has 0 saturated carbocycles. The van der Waals surface area contributed by atoms with Crippen LogP contribution in [-0.4, -0.2) is 18.5 Å². The number of carbonyl (C=O) groups is 1. The van der Waals surface area contributed by atoms with E-state index in [2.05, 4.69) is 10.2 Å². The summed E-state index contributed by atoms with van der Waals surface area (Å²) in [6.45, 7) is 3.45. The zero-order valence-corrected chi connectivity index (χ0v) is 12.3. The largest absolute Gasteiger partial charge is 0.505 e. The molecule has 1 N–H and O–H groups in total. The maximum absolute atomic E-state index is 9.71. The molecule has 5 heteroatoms. The summed E-state index contributed by atoms with van der Waals surface area (Å²) in [7, 11) is 1.54. The highest BCUT2D eigenvalue weighted by molar-refractivity contribution is 5.54. The van der Waals surface area contributed by atoms with Gasteiger partial charge in [-0.2, -0.15) is 5.11 Å². The molecular formula is C16H18N2O3. The number of aromatic hydroxyl groups is 1. The van der Waals surface area contributed by atoms with Crippen LogP contribution in [0.5, 0.6) is 11.5 Å². The smallest absolute Gasteiger partial charge is 0.146 e. The van der Waals surface area contributed by atoms with Crippen molar-refractivity contribution in [3.8, 4) is 11.5 Å². The Morgan fingerprint density at radius 3 is 2.24 bits per heavy atom. The van der Waals surface area contributed by atoms with Gasteiger partial charge in [0.15, 0.2) is 0 Å². The van der Waals surface area contributed by atoms with Crippen LogP contribution >= 0.6 is 0 Å². The van der Waals surface area contributed by atoms with Crippen LogP contribution in [0.4, 0.5) is 11.4 Å². The zero-order chi connectivity index (χ0) is 15.7. The van der Waals surface area contributed by atoms with Crippen LogP contribution in [0.2, 0.25) is 0 Å². The number of carbonyl (C=O) groups excluding carboxylic acids is 1. The average molecular weight is 286 g/mol. The summed E-state index contributed by atoms with van der Waals surface area (Å²) in [5.41, 5.74) is 2.33. The number of ether oxygens (including phenoxy) is 1. The van der Waals surface area contributed by atoms with E-state index in [1.807, 2.05) is 31.2 Å². The van der Waals surface area contributed by atoms with Crippen LogP contribution < -0.4 is 4.74 Å². The highest BCUT2D eigenvalue weighted by Gasteiger charge is 2.01. The number of aryl methyl sites for hydroxylation is 1. The zero-order valence-electron chi connectivity index (χ0n) is 12.3. The van der Waals surface area contributed by atoms with Crippen molar-refractivity contribution >= 4 is 17.7 Å². The van der Waals surface area contributed by atoms with Crippen molar-refractivity contribution < 1.29 is 14.6 Å². The lowest BCUT2D eigenvalue weighted by molar-refractivity contribution is -0.106. The molecule has 0 unspecified atom stereocenters. The van der Waals surface area contributed by atoms with Crippen LogP contribution in [0.15, 0.2) is 52.7 Å². The molecule has 2 aromatic rings. The third-order valence-electron chi connectivity index (χ3n) is 2.49. The number of rotatable bonds is 3. The third kappa shape index (κ3) is 5.44. The van der Waals surface area contributed by atoms with E-state index in [0.717, 1.165) is 12.0 Å². The van der Waals surface area contributed by atoms with Gasteiger partial charge in [0.2, 0.25) is 0 Å². The first-order valence-electron chi connectivity index (χ1n) is 6.36. The van der Waals surface area contributed by atoms with Crippen LogP contribution in [-0.2, 0) is 4.79 Å². The van der Waals surface area contributed by atoms with Gasteiger partial charge in [0.1, 0.15) is 23.5 Å². The second-order valence-electron chi connectivity index (χ2n) is 4.13. The topological polar surface area (TPSA) is 71.2 Å². The van der Waals surface area contributed by atoms with Crippen molar-refractivity contribution in [2.24, 2.45) is 10.2 Å². The molecular weight excluding hydrogens is 268 g/mol. The number of phenolic OH excluding ortho intramolecular Hbond substituents is 1. The minimum atomic E-state index is 0.0465. The Bertz CT molecular complexity index is 607. The number of hydrogen-bond acceptors (Lipinski definition) is 5. The van der Waals surface area contributed by atoms with E-state index in [-0.39, 0.29) is 5.75 Å². The van der Waals surface area contributed by atoms with Gasteiger partial charge in [-0.25, -0.2) is 0 Å². The Hall–Kier alpha value is -2.69. The predicted molar refractivity (Wildman–Crippen MR) is 81.8 cm³/mol. The summed E-state index contributed by atoms with van der Waals surface area (Å²) in [6.07, 6.45) is 0.750. The van der Waals surface area contributed by atoms with Crippen molar-refractivity contribution in [1.29, 1.82) is 0 Å². The summed E-state index contributed by atoms with van der Waals surface area (Å²) in [5, 5.41) is 17.8. The molecule has 2 aromatic carbocycles. The van der Waals surface area contributed by atoms with Crippen LogP contribution in [0.25, 0.3) is 0 Å². The fourth-order valence-electron chi connectivity index (χ4n) is 1.44. The Labute approximate surface area is 123 Å². The molecule has 0 atom stereocenters. The van der Waals surface area contributed by atoms with E-state index in [4.69, 9.17) is 9.53 Å². The second-order valence-corrected chi connectivity index (χ2v) is 4.13. The van der Waals surface area contributed by atoms with Crippen molar-refractivity contribution in [1.82, 2.24) is 0 Å². The minimum Gasteiger partial charge on any atom is -0.505 e. The first-order valence-corrected chi connectivity index (χ1v) is 6.36. The molecule has 0 aliphatic carbocycles. The van der Waals surface area contributed by atoms with Crippen molar-refractivity contribution in [2.75, 3.05) is 7.11 Å². The number of azo groups is 1. The van der Waals surface area contributed by atoms with Gasteiger partial charge in [-0.1, -0.05) is 17.7 Å². The molecule has 5 nitrogen and oxygen atoms in total. The summed E-state index contributed by atoms with van der Waals surface area (Å²) in [6, 6.07) is 12.6. The van der Waals surface area contributed by atoms with E-state index in [1.165, 1.54) is 18.6 Å². The standard InChI is InChI=1S/C14H14N2O2.C2H4O/c1-10-3-5-11(6-4-10)15-16-13-8-7-12(18-2)9-14(13)17;1-2-3/h3-9,17H,1-2H3;2H,1H3. The molecule has 0 saturated heterocycles. The first-order chi connectivity index (χ1) is 10.1. The first kappa shape index (κ1) is 16.4. The van der Waals surface area contributed by atoms with Gasteiger partial charge in [-0.05, 0) is 38.1 Å². The lowest BCUT2D eigenvalue weighted by Crippen LogP contribution is -1.80. The normalized spacial score (nSPS) is 9.86. The quantitative estimate of drug-likeness (QED) is 0.674. The molecule has 110 valence electrons. The van der Waals surface area contributed by atoms with Gasteiger partial charge in [-0.3, -0.25) is 0 Å². The van der Waals surface area contributed by atoms with E-state index >= 15 is 0 Å². The molecule has 0 aliphatic rings. The van der Waals surface area contributed by atoms with Gasteiger partial charge in [0.05, 0.1) is 12.8 Å². The van der Waals surface area contributed by atoms with E-state index < -0.39 is 0 Å². The van der Waals surface area contributed by atoms with E-state index in [0.29, 0.717) is 11.4 Å². The van der Waals surface area contributed by atoms with Crippen LogP contribution in [0.1, 0.15) is 12.5 Å². The Balaban J connectivity index is 0.000000677. The summed E-state index contributed by atoms with van der Waals surface area (Å²) >= 11 is 0. The maximum Gasteiger partial charge on any atom is 0.146 e. The number of methoxy groups -OCH3 is 1. The number of hydrogen-bond donors (Lipinski definition) is 1. The van der Waals surface area contributed by atoms with Gasteiger partial charge in [0, 0.05) is 6.07 Å². The number of nitrogens with zero attached hydrogens (tertiary/aromatic N) is 2. The summed E-state index contributed by atoms with van der Waals surface area (Å²) < 4.78 is 4.99. The lowest BCUT2D eigenvalue weighted by atomic mass is 10.2. The molecule has 0 radical (unpaired) electrons. The number of aldehydes is 1. The fraction of sp³-hybridized carbons (Fsp3) is 0.188. The average Bonchev–Trinajstić information content (AvgIpc) is 2.48. The molecule has 0 fully saturated rings. The minimum absolute atomic E-state index is 0.0465. The Kier molecular flexibility index (Phi) is 6.60. The van der Waals surface area contributed by atoms with E-state index in [9.17, 15) is 5.11 Å². The van der Waals surface area contributed by atoms with Crippen molar-refractivity contribution in [3.63, 3.8) is 0 Å². The second kappa shape index (κ2) is 8.47. The SMILES string of the molecule is CC=O.COc1ccc(N=Nc2ccc(C)cc2)c(O)c1. The Morgan fingerprint density at radius 2 is 1.71 bits per heavy atom. The molecule has 0 spiro atoms. The van der Waals surface area contributed by atoms with Gasteiger partial charge < -0.3 is 14.6 Å². The number of phenols is 1. The lowest BCUT2D eigenvalue weighted by Gasteiger charge is -2.01. The molecule has 0 bridgehead atoms. The van der Waals surface area contributed by atoms with Crippen molar-refractivity contribution in [2.45, 2.75) is 13.8 Å². The molecule has 0 heterocycles. The highest BCUT2D eigenvalue weighted by Crippen LogP contribution is 2.31. The van der Waals surface area contributed by atoms with E-state index in [1.54, 1.807) is 19.2 Å². The summed E-state index contributed by atoms with van der Waals surface area (Å²) in [5.74, 6) is 0.631. The molecule has 0 amide bonds. The van der Waals surface area contributed by atoms with Crippen molar-refractivity contribution in [3.05, 3.63) is 48.0 Å². The molecule has 0 aliphatic heterocycles. The summed E-state index contributed by atoms with van der Waals surface area (Å²) in [4.78, 5) is 8.81. The van der Waals surface area contributed by atoms with Crippen LogP contribution in [0, 0.1) is 6.92 Å². The molecule has 21 heavy (non-hydrogen) atoms. The fourth-order valence-corrected chi connectivity index (χ4v) is 1.44. The molecule has 0 aromatic heterocycles. The maximum atomic E-state index is 9.71.